The molecule has 0 saturated heterocycles. The molecule has 1 aliphatic carbocycles. The Bertz CT molecular complexity index is 400. The van der Waals surface area contributed by atoms with Crippen molar-refractivity contribution < 1.29 is 9.13 Å². The van der Waals surface area contributed by atoms with E-state index in [-0.39, 0.29) is 5.82 Å². The number of benzene rings is 1. The average Bonchev–Trinajstić information content (AvgIpc) is 2.46. The van der Waals surface area contributed by atoms with Crippen molar-refractivity contribution in [3.05, 3.63) is 29.6 Å². The van der Waals surface area contributed by atoms with E-state index in [1.54, 1.807) is 13.2 Å². The predicted molar refractivity (Wildman–Crippen MR) is 75.8 cm³/mol. The molecule has 2 rings (SSSR count). The molecule has 1 fully saturated rings. The molecular weight excluding hydrogens is 241 g/mol. The highest BCUT2D eigenvalue weighted by Gasteiger charge is 2.19. The van der Waals surface area contributed by atoms with Crippen molar-refractivity contribution >= 4 is 0 Å². The average molecular weight is 265 g/mol. The fourth-order valence-electron chi connectivity index (χ4n) is 2.83. The number of hydrogen-bond donors (Lipinski definition) is 1. The lowest BCUT2D eigenvalue weighted by Crippen LogP contribution is -2.32. The van der Waals surface area contributed by atoms with Crippen LogP contribution in [0.25, 0.3) is 0 Å². The summed E-state index contributed by atoms with van der Waals surface area (Å²) in [5.74, 6) is 1.29. The largest absolute Gasteiger partial charge is 0.497 e. The van der Waals surface area contributed by atoms with Crippen molar-refractivity contribution in [1.82, 2.24) is 5.32 Å². The van der Waals surface area contributed by atoms with Crippen molar-refractivity contribution in [2.75, 3.05) is 7.11 Å². The first-order valence-corrected chi connectivity index (χ1v) is 7.28. The Morgan fingerprint density at radius 1 is 1.26 bits per heavy atom. The molecule has 19 heavy (non-hydrogen) atoms. The molecule has 1 aromatic carbocycles. The molecule has 1 aliphatic rings. The van der Waals surface area contributed by atoms with Crippen molar-refractivity contribution in [3.63, 3.8) is 0 Å². The van der Waals surface area contributed by atoms with E-state index in [4.69, 9.17) is 4.74 Å². The number of nitrogens with one attached hydrogen (secondary N) is 1. The zero-order valence-corrected chi connectivity index (χ0v) is 11.9. The van der Waals surface area contributed by atoms with Gasteiger partial charge in [-0.3, -0.25) is 0 Å². The summed E-state index contributed by atoms with van der Waals surface area (Å²) in [5.41, 5.74) is 0.721. The van der Waals surface area contributed by atoms with E-state index in [9.17, 15) is 4.39 Å². The highest BCUT2D eigenvalue weighted by molar-refractivity contribution is 5.28. The van der Waals surface area contributed by atoms with Gasteiger partial charge in [0.05, 0.1) is 7.11 Å². The fraction of sp³-hybridized carbons (Fsp3) is 0.625. The minimum Gasteiger partial charge on any atom is -0.497 e. The SMILES string of the molecule is CCC1CCC(NCc2ccc(OC)cc2F)CC1. The van der Waals surface area contributed by atoms with Crippen LogP contribution in [0.2, 0.25) is 0 Å². The van der Waals surface area contributed by atoms with Crippen LogP contribution in [0.1, 0.15) is 44.6 Å². The molecule has 0 spiro atoms. The minimum absolute atomic E-state index is 0.186. The van der Waals surface area contributed by atoms with Gasteiger partial charge in [-0.1, -0.05) is 19.4 Å². The van der Waals surface area contributed by atoms with Crippen LogP contribution in [-0.2, 0) is 6.54 Å². The molecule has 0 bridgehead atoms. The van der Waals surface area contributed by atoms with Gasteiger partial charge in [0.15, 0.2) is 0 Å². The fourth-order valence-corrected chi connectivity index (χ4v) is 2.83. The van der Waals surface area contributed by atoms with Gasteiger partial charge in [0, 0.05) is 24.2 Å². The first-order valence-electron chi connectivity index (χ1n) is 7.28. The second-order valence-electron chi connectivity index (χ2n) is 5.46. The summed E-state index contributed by atoms with van der Waals surface area (Å²) in [7, 11) is 1.55. The lowest BCUT2D eigenvalue weighted by atomic mass is 9.84. The summed E-state index contributed by atoms with van der Waals surface area (Å²) >= 11 is 0. The van der Waals surface area contributed by atoms with E-state index >= 15 is 0 Å². The van der Waals surface area contributed by atoms with Gasteiger partial charge < -0.3 is 10.1 Å². The van der Waals surface area contributed by atoms with Crippen molar-refractivity contribution in [3.8, 4) is 5.75 Å². The second kappa shape index (κ2) is 6.90. The molecule has 0 aromatic heterocycles. The quantitative estimate of drug-likeness (QED) is 0.872. The minimum atomic E-state index is -0.186. The van der Waals surface area contributed by atoms with E-state index in [1.807, 2.05) is 6.07 Å². The van der Waals surface area contributed by atoms with E-state index < -0.39 is 0 Å². The van der Waals surface area contributed by atoms with Crippen LogP contribution in [0.3, 0.4) is 0 Å². The number of methoxy groups -OCH3 is 1. The Morgan fingerprint density at radius 3 is 2.58 bits per heavy atom. The lowest BCUT2D eigenvalue weighted by Gasteiger charge is -2.28. The normalized spacial score (nSPS) is 23.3. The predicted octanol–water partition coefficient (Wildman–Crippen LogP) is 3.89. The number of ether oxygens (including phenoxy) is 1. The van der Waals surface area contributed by atoms with Gasteiger partial charge >= 0.3 is 0 Å². The molecule has 0 radical (unpaired) electrons. The summed E-state index contributed by atoms with van der Waals surface area (Å²) in [6, 6.07) is 5.61. The molecule has 2 nitrogen and oxygen atoms in total. The summed E-state index contributed by atoms with van der Waals surface area (Å²) < 4.78 is 18.8. The third-order valence-electron chi connectivity index (χ3n) is 4.27. The van der Waals surface area contributed by atoms with Gasteiger partial charge in [0.25, 0.3) is 0 Å². The Labute approximate surface area is 115 Å². The molecular formula is C16H24FNO. The molecule has 0 aliphatic heterocycles. The van der Waals surface area contributed by atoms with Crippen LogP contribution in [-0.4, -0.2) is 13.2 Å². The maximum absolute atomic E-state index is 13.8. The summed E-state index contributed by atoms with van der Waals surface area (Å²) in [6.45, 7) is 2.88. The number of halogens is 1. The van der Waals surface area contributed by atoms with Crippen LogP contribution in [0.4, 0.5) is 4.39 Å². The van der Waals surface area contributed by atoms with Gasteiger partial charge in [-0.25, -0.2) is 4.39 Å². The van der Waals surface area contributed by atoms with Gasteiger partial charge in [-0.15, -0.1) is 0 Å². The van der Waals surface area contributed by atoms with Crippen LogP contribution < -0.4 is 10.1 Å². The summed E-state index contributed by atoms with van der Waals surface area (Å²) in [5, 5.41) is 3.48. The highest BCUT2D eigenvalue weighted by Crippen LogP contribution is 2.26. The number of hydrogen-bond acceptors (Lipinski definition) is 2. The number of rotatable bonds is 5. The monoisotopic (exact) mass is 265 g/mol. The Morgan fingerprint density at radius 2 is 2.00 bits per heavy atom. The summed E-state index contributed by atoms with van der Waals surface area (Å²) in [4.78, 5) is 0. The van der Waals surface area contributed by atoms with E-state index in [1.165, 1.54) is 38.2 Å². The molecule has 0 heterocycles. The highest BCUT2D eigenvalue weighted by atomic mass is 19.1. The maximum Gasteiger partial charge on any atom is 0.131 e. The third-order valence-corrected chi connectivity index (χ3v) is 4.27. The Hall–Kier alpha value is -1.09. The molecule has 3 heteroatoms. The molecule has 0 amide bonds. The standard InChI is InChI=1S/C16H24FNO/c1-3-12-4-7-14(8-5-12)18-11-13-6-9-15(19-2)10-16(13)17/h6,9-10,12,14,18H,3-5,7-8,11H2,1-2H3. The molecule has 1 N–H and O–H groups in total. The van der Waals surface area contributed by atoms with Gasteiger partial charge in [0.1, 0.15) is 11.6 Å². The molecule has 106 valence electrons. The Balaban J connectivity index is 1.82. The van der Waals surface area contributed by atoms with Gasteiger partial charge in [0.2, 0.25) is 0 Å². The van der Waals surface area contributed by atoms with E-state index in [0.717, 1.165) is 11.5 Å². The molecule has 0 unspecified atom stereocenters. The molecule has 0 atom stereocenters. The topological polar surface area (TPSA) is 21.3 Å². The van der Waals surface area contributed by atoms with Crippen molar-refractivity contribution in [2.24, 2.45) is 5.92 Å². The van der Waals surface area contributed by atoms with Crippen LogP contribution in [0.15, 0.2) is 18.2 Å². The van der Waals surface area contributed by atoms with E-state index in [2.05, 4.69) is 12.2 Å². The zero-order chi connectivity index (χ0) is 13.7. The van der Waals surface area contributed by atoms with Gasteiger partial charge in [-0.05, 0) is 37.7 Å². The van der Waals surface area contributed by atoms with Crippen molar-refractivity contribution in [1.29, 1.82) is 0 Å². The van der Waals surface area contributed by atoms with E-state index in [0.29, 0.717) is 18.3 Å². The maximum atomic E-state index is 13.8. The third kappa shape index (κ3) is 3.93. The molecule has 1 aromatic rings. The van der Waals surface area contributed by atoms with Crippen LogP contribution in [0, 0.1) is 11.7 Å². The summed E-state index contributed by atoms with van der Waals surface area (Å²) in [6.07, 6.45) is 6.34. The van der Waals surface area contributed by atoms with Crippen molar-refractivity contribution in [2.45, 2.75) is 51.6 Å². The van der Waals surface area contributed by atoms with Gasteiger partial charge in [-0.2, -0.15) is 0 Å². The smallest absolute Gasteiger partial charge is 0.131 e. The van der Waals surface area contributed by atoms with Crippen LogP contribution in [0.5, 0.6) is 5.75 Å². The first kappa shape index (κ1) is 14.3. The second-order valence-corrected chi connectivity index (χ2v) is 5.46. The first-order chi connectivity index (χ1) is 9.22. The van der Waals surface area contributed by atoms with Crippen LogP contribution >= 0.6 is 0 Å². The Kier molecular flexibility index (Phi) is 5.20. The lowest BCUT2D eigenvalue weighted by molar-refractivity contribution is 0.284. The zero-order valence-electron chi connectivity index (χ0n) is 11.9. The molecule has 1 saturated carbocycles.